The Balaban J connectivity index is 1.53. The maximum Gasteiger partial charge on any atom is 0.262 e. The van der Waals surface area contributed by atoms with Gasteiger partial charge in [-0.05, 0) is 37.6 Å². The van der Waals surface area contributed by atoms with E-state index in [2.05, 4.69) is 20.5 Å². The minimum absolute atomic E-state index is 0.323. The number of nitrogens with one attached hydrogen (secondary N) is 1. The average molecular weight is 399 g/mol. The van der Waals surface area contributed by atoms with Gasteiger partial charge in [-0.25, -0.2) is 13.9 Å². The van der Waals surface area contributed by atoms with Crippen LogP contribution in [0.2, 0.25) is 5.02 Å². The Labute approximate surface area is 164 Å². The van der Waals surface area contributed by atoms with Crippen molar-refractivity contribution < 1.29 is 9.18 Å². The lowest BCUT2D eigenvalue weighted by molar-refractivity contribution is 0.102. The molecule has 1 aromatic carbocycles. The van der Waals surface area contributed by atoms with E-state index in [0.717, 1.165) is 17.0 Å². The maximum absolute atomic E-state index is 13.2. The number of anilines is 1. The van der Waals surface area contributed by atoms with Crippen molar-refractivity contribution >= 4 is 29.0 Å². The Morgan fingerprint density at radius 1 is 1.25 bits per heavy atom. The highest BCUT2D eigenvalue weighted by atomic mass is 35.5. The van der Waals surface area contributed by atoms with Crippen LogP contribution in [-0.2, 0) is 6.54 Å². The topological polar surface area (TPSA) is 77.1 Å². The van der Waals surface area contributed by atoms with Crippen molar-refractivity contribution in [2.24, 2.45) is 0 Å². The largest absolute Gasteiger partial charge is 0.305 e. The summed E-state index contributed by atoms with van der Waals surface area (Å²) in [5.74, 6) is -0.362. The molecule has 0 bridgehead atoms. The monoisotopic (exact) mass is 398 g/mol. The number of benzene rings is 1. The molecule has 7 nitrogen and oxygen atoms in total. The first-order valence-electron chi connectivity index (χ1n) is 8.51. The minimum atomic E-state index is -0.394. The van der Waals surface area contributed by atoms with Gasteiger partial charge in [-0.2, -0.15) is 10.2 Å². The SMILES string of the molecule is Cc1cc(C)n2ncc(C(=O)Nc3ccn(Cc4ccc(F)cc4Cl)n3)c2n1. The molecule has 1 amide bonds. The normalized spacial score (nSPS) is 11.1. The molecule has 0 atom stereocenters. The summed E-state index contributed by atoms with van der Waals surface area (Å²) in [5, 5.41) is 11.6. The molecule has 0 saturated heterocycles. The summed E-state index contributed by atoms with van der Waals surface area (Å²) >= 11 is 6.05. The van der Waals surface area contributed by atoms with E-state index in [1.165, 1.54) is 18.3 Å². The molecule has 142 valence electrons. The first-order chi connectivity index (χ1) is 13.4. The van der Waals surface area contributed by atoms with E-state index in [4.69, 9.17) is 11.6 Å². The molecule has 0 aliphatic carbocycles. The molecule has 1 N–H and O–H groups in total. The van der Waals surface area contributed by atoms with Crippen molar-refractivity contribution in [3.63, 3.8) is 0 Å². The molecule has 3 aromatic heterocycles. The molecule has 0 unspecified atom stereocenters. The number of aromatic nitrogens is 5. The van der Waals surface area contributed by atoms with Crippen LogP contribution in [0.15, 0.2) is 42.7 Å². The van der Waals surface area contributed by atoms with Gasteiger partial charge in [0.2, 0.25) is 0 Å². The fourth-order valence-corrected chi connectivity index (χ4v) is 3.18. The summed E-state index contributed by atoms with van der Waals surface area (Å²) in [6.07, 6.45) is 3.19. The fourth-order valence-electron chi connectivity index (χ4n) is 2.96. The number of fused-ring (bicyclic) bond motifs is 1. The number of amides is 1. The van der Waals surface area contributed by atoms with Crippen molar-refractivity contribution in [1.82, 2.24) is 24.4 Å². The number of aryl methyl sites for hydroxylation is 2. The van der Waals surface area contributed by atoms with Gasteiger partial charge in [0.1, 0.15) is 11.4 Å². The van der Waals surface area contributed by atoms with Gasteiger partial charge in [0, 0.05) is 28.7 Å². The van der Waals surface area contributed by atoms with Gasteiger partial charge in [-0.1, -0.05) is 17.7 Å². The Hall–Kier alpha value is -3.26. The van der Waals surface area contributed by atoms with Gasteiger partial charge in [-0.15, -0.1) is 0 Å². The molecule has 4 aromatic rings. The lowest BCUT2D eigenvalue weighted by Crippen LogP contribution is -2.13. The number of hydrogen-bond donors (Lipinski definition) is 1. The third kappa shape index (κ3) is 3.46. The molecule has 0 aliphatic heterocycles. The Kier molecular flexibility index (Phi) is 4.56. The summed E-state index contributed by atoms with van der Waals surface area (Å²) in [4.78, 5) is 17.1. The first-order valence-corrected chi connectivity index (χ1v) is 8.89. The lowest BCUT2D eigenvalue weighted by atomic mass is 10.2. The molecule has 0 saturated carbocycles. The Bertz CT molecular complexity index is 1200. The van der Waals surface area contributed by atoms with E-state index in [1.54, 1.807) is 27.5 Å². The van der Waals surface area contributed by atoms with Crippen LogP contribution in [-0.4, -0.2) is 30.3 Å². The predicted molar refractivity (Wildman–Crippen MR) is 103 cm³/mol. The van der Waals surface area contributed by atoms with Crippen LogP contribution in [0.3, 0.4) is 0 Å². The molecule has 9 heteroatoms. The van der Waals surface area contributed by atoms with Gasteiger partial charge in [0.05, 0.1) is 12.7 Å². The summed E-state index contributed by atoms with van der Waals surface area (Å²) < 4.78 is 16.4. The molecular formula is C19H16ClFN6O. The van der Waals surface area contributed by atoms with Crippen LogP contribution in [0.1, 0.15) is 27.3 Å². The molecule has 3 heterocycles. The number of carbonyl (C=O) groups excluding carboxylic acids is 1. The van der Waals surface area contributed by atoms with Crippen LogP contribution in [0.25, 0.3) is 5.65 Å². The molecule has 0 aliphatic rings. The summed E-state index contributed by atoms with van der Waals surface area (Å²) in [6.45, 7) is 4.12. The zero-order valence-electron chi connectivity index (χ0n) is 15.1. The molecule has 28 heavy (non-hydrogen) atoms. The number of rotatable bonds is 4. The number of carbonyl (C=O) groups is 1. The van der Waals surface area contributed by atoms with E-state index in [9.17, 15) is 9.18 Å². The van der Waals surface area contributed by atoms with Crippen molar-refractivity contribution in [2.45, 2.75) is 20.4 Å². The lowest BCUT2D eigenvalue weighted by Gasteiger charge is -2.05. The van der Waals surface area contributed by atoms with E-state index in [-0.39, 0.29) is 5.91 Å². The smallest absolute Gasteiger partial charge is 0.262 e. The molecule has 0 radical (unpaired) electrons. The fraction of sp³-hybridized carbons (Fsp3) is 0.158. The third-order valence-corrected chi connectivity index (χ3v) is 4.60. The van der Waals surface area contributed by atoms with Crippen LogP contribution in [0.5, 0.6) is 0 Å². The summed E-state index contributed by atoms with van der Waals surface area (Å²) in [5.41, 5.74) is 3.28. The second kappa shape index (κ2) is 7.05. The van der Waals surface area contributed by atoms with Crippen molar-refractivity contribution in [2.75, 3.05) is 5.32 Å². The number of halogens is 2. The highest BCUT2D eigenvalue weighted by Crippen LogP contribution is 2.19. The van der Waals surface area contributed by atoms with Crippen LogP contribution in [0, 0.1) is 19.7 Å². The quantitative estimate of drug-likeness (QED) is 0.569. The van der Waals surface area contributed by atoms with Crippen LogP contribution < -0.4 is 5.32 Å². The van der Waals surface area contributed by atoms with Gasteiger partial charge in [0.25, 0.3) is 5.91 Å². The van der Waals surface area contributed by atoms with Gasteiger partial charge in [-0.3, -0.25) is 9.48 Å². The van der Waals surface area contributed by atoms with Gasteiger partial charge < -0.3 is 5.32 Å². The third-order valence-electron chi connectivity index (χ3n) is 4.25. The van der Waals surface area contributed by atoms with E-state index < -0.39 is 5.82 Å². The zero-order chi connectivity index (χ0) is 19.8. The minimum Gasteiger partial charge on any atom is -0.305 e. The number of hydrogen-bond acceptors (Lipinski definition) is 4. The first kappa shape index (κ1) is 18.1. The average Bonchev–Trinajstić information content (AvgIpc) is 3.24. The second-order valence-electron chi connectivity index (χ2n) is 6.42. The van der Waals surface area contributed by atoms with E-state index in [1.807, 2.05) is 19.9 Å². The Morgan fingerprint density at radius 3 is 2.86 bits per heavy atom. The second-order valence-corrected chi connectivity index (χ2v) is 6.83. The Morgan fingerprint density at radius 2 is 2.07 bits per heavy atom. The standard InChI is InChI=1S/C19H16ClFN6O/c1-11-7-12(2)27-18(23-11)15(9-22-27)19(28)24-17-5-6-26(25-17)10-13-3-4-14(21)8-16(13)20/h3-9H,10H2,1-2H3,(H,24,25,28). The van der Waals surface area contributed by atoms with Crippen LogP contribution >= 0.6 is 11.6 Å². The maximum atomic E-state index is 13.2. The molecule has 4 rings (SSSR count). The van der Waals surface area contributed by atoms with Crippen molar-refractivity contribution in [3.8, 4) is 0 Å². The highest BCUT2D eigenvalue weighted by molar-refractivity contribution is 6.31. The van der Waals surface area contributed by atoms with Crippen molar-refractivity contribution in [1.29, 1.82) is 0 Å². The van der Waals surface area contributed by atoms with E-state index in [0.29, 0.717) is 28.6 Å². The highest BCUT2D eigenvalue weighted by Gasteiger charge is 2.16. The molecular weight excluding hydrogens is 383 g/mol. The molecule has 0 fully saturated rings. The van der Waals surface area contributed by atoms with Gasteiger partial charge in [0.15, 0.2) is 11.5 Å². The predicted octanol–water partition coefficient (Wildman–Crippen LogP) is 3.64. The molecule has 0 spiro atoms. The van der Waals surface area contributed by atoms with Crippen LogP contribution in [0.4, 0.5) is 10.2 Å². The van der Waals surface area contributed by atoms with Crippen molar-refractivity contribution in [3.05, 3.63) is 76.1 Å². The summed E-state index contributed by atoms with van der Waals surface area (Å²) in [6, 6.07) is 7.77. The zero-order valence-corrected chi connectivity index (χ0v) is 15.9. The van der Waals surface area contributed by atoms with Gasteiger partial charge >= 0.3 is 0 Å². The summed E-state index contributed by atoms with van der Waals surface area (Å²) in [7, 11) is 0. The van der Waals surface area contributed by atoms with E-state index >= 15 is 0 Å². The number of nitrogens with zero attached hydrogens (tertiary/aromatic N) is 5.